The maximum Gasteiger partial charge on any atom is 0.410 e. The molecular weight excluding hydrogens is 318 g/mol. The molecule has 3 heterocycles. The van der Waals surface area contributed by atoms with E-state index >= 15 is 0 Å². The third-order valence-electron chi connectivity index (χ3n) is 4.64. The topological polar surface area (TPSA) is 74.4 Å². The van der Waals surface area contributed by atoms with E-state index in [9.17, 15) is 4.79 Å². The van der Waals surface area contributed by atoms with Gasteiger partial charge in [0.25, 0.3) is 0 Å². The fourth-order valence-electron chi connectivity index (χ4n) is 3.29. The van der Waals surface area contributed by atoms with Crippen LogP contribution in [-0.2, 0) is 4.74 Å². The molecule has 0 radical (unpaired) electrons. The lowest BCUT2D eigenvalue weighted by atomic mass is 10.0. The van der Waals surface area contributed by atoms with Gasteiger partial charge in [-0.25, -0.2) is 14.8 Å². The summed E-state index contributed by atoms with van der Waals surface area (Å²) in [7, 11) is 1.83. The second-order valence-electron chi connectivity index (χ2n) is 7.70. The van der Waals surface area contributed by atoms with Crippen LogP contribution < -0.4 is 4.90 Å². The van der Waals surface area contributed by atoms with E-state index in [4.69, 9.17) is 4.74 Å². The van der Waals surface area contributed by atoms with Crippen LogP contribution in [0.1, 0.15) is 39.2 Å². The Kier molecular flexibility index (Phi) is 4.58. The predicted molar refractivity (Wildman–Crippen MR) is 97.9 cm³/mol. The maximum absolute atomic E-state index is 12.3. The summed E-state index contributed by atoms with van der Waals surface area (Å²) < 4.78 is 5.48. The number of fused-ring (bicyclic) bond motifs is 1. The fourth-order valence-corrected chi connectivity index (χ4v) is 3.29. The van der Waals surface area contributed by atoms with Crippen LogP contribution in [0.4, 0.5) is 10.6 Å². The monoisotopic (exact) mass is 345 g/mol. The second-order valence-corrected chi connectivity index (χ2v) is 7.70. The van der Waals surface area contributed by atoms with Gasteiger partial charge in [0.2, 0.25) is 0 Å². The first kappa shape index (κ1) is 17.5. The third-order valence-corrected chi connectivity index (χ3v) is 4.64. The standard InChI is InChI=1S/C18H27N5O2/c1-12-10-19-15-14(12)16(21-11-20-15)23-8-6-13(7-9-23)22(5)17(24)25-18(2,3)4/h10-11,13H,6-9H2,1-5H3,(H,19,20,21). The molecule has 0 aliphatic carbocycles. The van der Waals surface area contributed by atoms with Crippen LogP contribution in [-0.4, -0.2) is 57.7 Å². The van der Waals surface area contributed by atoms with E-state index in [-0.39, 0.29) is 12.1 Å². The molecule has 3 rings (SSSR count). The number of H-pyrrole nitrogens is 1. The summed E-state index contributed by atoms with van der Waals surface area (Å²) in [6.07, 6.45) is 5.10. The largest absolute Gasteiger partial charge is 0.444 e. The highest BCUT2D eigenvalue weighted by Crippen LogP contribution is 2.29. The molecule has 1 amide bonds. The number of amides is 1. The van der Waals surface area contributed by atoms with Gasteiger partial charge in [0.05, 0.1) is 5.39 Å². The minimum atomic E-state index is -0.468. The molecule has 0 aromatic carbocycles. The van der Waals surface area contributed by atoms with E-state index < -0.39 is 5.60 Å². The van der Waals surface area contributed by atoms with Gasteiger partial charge in [0.15, 0.2) is 0 Å². The fraction of sp³-hybridized carbons (Fsp3) is 0.611. The van der Waals surface area contributed by atoms with Gasteiger partial charge in [-0.3, -0.25) is 0 Å². The molecule has 1 fully saturated rings. The van der Waals surface area contributed by atoms with Gasteiger partial charge in [-0.05, 0) is 46.1 Å². The Labute approximate surface area is 148 Å². The van der Waals surface area contributed by atoms with Crippen molar-refractivity contribution in [1.82, 2.24) is 19.9 Å². The third kappa shape index (κ3) is 3.70. The van der Waals surface area contributed by atoms with E-state index in [0.717, 1.165) is 48.3 Å². The number of aromatic nitrogens is 3. The number of anilines is 1. The second kappa shape index (κ2) is 6.54. The van der Waals surface area contributed by atoms with Crippen LogP contribution in [0.15, 0.2) is 12.5 Å². The zero-order valence-corrected chi connectivity index (χ0v) is 15.7. The zero-order chi connectivity index (χ0) is 18.2. The van der Waals surface area contributed by atoms with Crippen LogP contribution in [0.3, 0.4) is 0 Å². The summed E-state index contributed by atoms with van der Waals surface area (Å²) in [4.78, 5) is 28.3. The lowest BCUT2D eigenvalue weighted by molar-refractivity contribution is 0.0201. The molecule has 2 aromatic rings. The van der Waals surface area contributed by atoms with Crippen molar-refractivity contribution >= 4 is 22.9 Å². The Morgan fingerprint density at radius 2 is 2.00 bits per heavy atom. The summed E-state index contributed by atoms with van der Waals surface area (Å²) in [5.41, 5.74) is 1.55. The molecule has 7 heteroatoms. The lowest BCUT2D eigenvalue weighted by Crippen LogP contribution is -2.47. The van der Waals surface area contributed by atoms with Crippen molar-refractivity contribution in [2.75, 3.05) is 25.0 Å². The molecule has 1 aliphatic rings. The van der Waals surface area contributed by atoms with Crippen LogP contribution in [0, 0.1) is 6.92 Å². The summed E-state index contributed by atoms with van der Waals surface area (Å²) in [5.74, 6) is 0.974. The molecule has 2 aromatic heterocycles. The molecule has 0 spiro atoms. The van der Waals surface area contributed by atoms with Crippen LogP contribution >= 0.6 is 0 Å². The molecule has 0 bridgehead atoms. The number of rotatable bonds is 2. The molecule has 136 valence electrons. The van der Waals surface area contributed by atoms with Crippen molar-refractivity contribution < 1.29 is 9.53 Å². The minimum Gasteiger partial charge on any atom is -0.444 e. The SMILES string of the molecule is Cc1c[nH]c2ncnc(N3CCC(N(C)C(=O)OC(C)(C)C)CC3)c12. The Bertz CT molecular complexity index is 756. The number of carbonyl (C=O) groups is 1. The van der Waals surface area contributed by atoms with Gasteiger partial charge in [0, 0.05) is 32.4 Å². The van der Waals surface area contributed by atoms with Gasteiger partial charge >= 0.3 is 6.09 Å². The van der Waals surface area contributed by atoms with E-state index in [1.165, 1.54) is 0 Å². The number of hydrogen-bond acceptors (Lipinski definition) is 5. The maximum atomic E-state index is 12.3. The number of hydrogen-bond donors (Lipinski definition) is 1. The van der Waals surface area contributed by atoms with Gasteiger partial charge < -0.3 is 19.5 Å². The number of piperidine rings is 1. The smallest absolute Gasteiger partial charge is 0.410 e. The normalized spacial score (nSPS) is 16.3. The van der Waals surface area contributed by atoms with Gasteiger partial charge in [-0.2, -0.15) is 0 Å². The number of nitrogens with one attached hydrogen (secondary N) is 1. The average molecular weight is 345 g/mol. The first-order chi connectivity index (χ1) is 11.8. The van der Waals surface area contributed by atoms with E-state index in [1.54, 1.807) is 11.2 Å². The number of aryl methyl sites for hydroxylation is 1. The van der Waals surface area contributed by atoms with Crippen molar-refractivity contribution in [2.24, 2.45) is 0 Å². The van der Waals surface area contributed by atoms with E-state index in [2.05, 4.69) is 26.8 Å². The first-order valence-electron chi connectivity index (χ1n) is 8.75. The minimum absolute atomic E-state index is 0.191. The van der Waals surface area contributed by atoms with Gasteiger partial charge in [-0.1, -0.05) is 0 Å². The lowest BCUT2D eigenvalue weighted by Gasteiger charge is -2.37. The Hall–Kier alpha value is -2.31. The summed E-state index contributed by atoms with van der Waals surface area (Å²) in [5, 5.41) is 1.08. The molecule has 25 heavy (non-hydrogen) atoms. The number of ether oxygens (including phenoxy) is 1. The Morgan fingerprint density at radius 3 is 2.64 bits per heavy atom. The molecule has 1 N–H and O–H groups in total. The van der Waals surface area contributed by atoms with Gasteiger partial charge in [-0.15, -0.1) is 0 Å². The quantitative estimate of drug-likeness (QED) is 0.905. The summed E-state index contributed by atoms with van der Waals surface area (Å²) >= 11 is 0. The number of carbonyl (C=O) groups excluding carboxylic acids is 1. The Morgan fingerprint density at radius 1 is 1.32 bits per heavy atom. The van der Waals surface area contributed by atoms with Gasteiger partial charge in [0.1, 0.15) is 23.4 Å². The van der Waals surface area contributed by atoms with Crippen LogP contribution in [0.2, 0.25) is 0 Å². The average Bonchev–Trinajstić information content (AvgIpc) is 2.94. The molecule has 0 atom stereocenters. The van der Waals surface area contributed by atoms with Crippen molar-refractivity contribution in [3.63, 3.8) is 0 Å². The highest BCUT2D eigenvalue weighted by Gasteiger charge is 2.29. The van der Waals surface area contributed by atoms with Crippen molar-refractivity contribution in [3.8, 4) is 0 Å². The van der Waals surface area contributed by atoms with Crippen LogP contribution in [0.5, 0.6) is 0 Å². The summed E-state index contributed by atoms with van der Waals surface area (Å²) in [6.45, 7) is 9.44. The molecule has 1 saturated heterocycles. The molecule has 0 saturated carbocycles. The predicted octanol–water partition coefficient (Wildman–Crippen LogP) is 3.10. The highest BCUT2D eigenvalue weighted by atomic mass is 16.6. The van der Waals surface area contributed by atoms with E-state index in [1.807, 2.05) is 34.0 Å². The Balaban J connectivity index is 1.67. The highest BCUT2D eigenvalue weighted by molar-refractivity contribution is 5.90. The van der Waals surface area contributed by atoms with Crippen molar-refractivity contribution in [1.29, 1.82) is 0 Å². The molecule has 1 aliphatic heterocycles. The number of aromatic amines is 1. The molecular formula is C18H27N5O2. The molecule has 0 unspecified atom stereocenters. The van der Waals surface area contributed by atoms with Crippen molar-refractivity contribution in [2.45, 2.75) is 52.2 Å². The number of nitrogens with zero attached hydrogens (tertiary/aromatic N) is 4. The van der Waals surface area contributed by atoms with E-state index in [0.29, 0.717) is 0 Å². The summed E-state index contributed by atoms with van der Waals surface area (Å²) in [6, 6.07) is 0.191. The van der Waals surface area contributed by atoms with Crippen LogP contribution in [0.25, 0.3) is 11.0 Å². The first-order valence-corrected chi connectivity index (χ1v) is 8.75. The zero-order valence-electron chi connectivity index (χ0n) is 15.7. The van der Waals surface area contributed by atoms with Crippen molar-refractivity contribution in [3.05, 3.63) is 18.1 Å². The molecule has 7 nitrogen and oxygen atoms in total.